The van der Waals surface area contributed by atoms with Crippen molar-refractivity contribution in [1.82, 2.24) is 15.2 Å². The molecule has 1 N–H and O–H groups in total. The molecule has 0 fully saturated rings. The van der Waals surface area contributed by atoms with Gasteiger partial charge < -0.3 is 19.2 Å². The number of aryl methyl sites for hydroxylation is 1. The fourth-order valence-electron chi connectivity index (χ4n) is 2.57. The second-order valence-electron chi connectivity index (χ2n) is 5.73. The number of aromatic nitrogens is 3. The number of halogens is 3. The van der Waals surface area contributed by atoms with Crippen molar-refractivity contribution in [2.45, 2.75) is 13.1 Å². The normalized spacial score (nSPS) is 11.8. The predicted molar refractivity (Wildman–Crippen MR) is 91.7 cm³/mol. The Labute approximate surface area is 152 Å². The molecule has 27 heavy (non-hydrogen) atoms. The molecule has 0 saturated heterocycles. The Bertz CT molecular complexity index is 956. The van der Waals surface area contributed by atoms with Gasteiger partial charge in [0.2, 0.25) is 0 Å². The lowest BCUT2D eigenvalue weighted by Crippen LogP contribution is -2.08. The SMILES string of the molecule is COCCNc1nnc(-c2cc(C)c3cc(OC)cc(C(F)(F)F)c3n2)o1. The molecule has 10 heteroatoms. The summed E-state index contributed by atoms with van der Waals surface area (Å²) in [6.45, 7) is 2.56. The number of hydrogen-bond acceptors (Lipinski definition) is 7. The smallest absolute Gasteiger partial charge is 0.418 e. The van der Waals surface area contributed by atoms with Crippen LogP contribution in [-0.2, 0) is 10.9 Å². The van der Waals surface area contributed by atoms with Gasteiger partial charge in [-0.05, 0) is 30.7 Å². The summed E-state index contributed by atoms with van der Waals surface area (Å²) in [5.41, 5.74) is -0.361. The minimum atomic E-state index is -4.59. The van der Waals surface area contributed by atoms with E-state index in [-0.39, 0.29) is 28.9 Å². The number of alkyl halides is 3. The van der Waals surface area contributed by atoms with E-state index in [1.165, 1.54) is 13.2 Å². The zero-order valence-electron chi connectivity index (χ0n) is 14.8. The standard InChI is InChI=1S/C17H17F3N4O3/c1-9-6-13(15-23-24-16(27-15)21-4-5-25-2)22-14-11(9)7-10(26-3)8-12(14)17(18,19)20/h6-8H,4-5H2,1-3H3,(H,21,24). The van der Waals surface area contributed by atoms with E-state index in [1.54, 1.807) is 20.1 Å². The minimum absolute atomic E-state index is 0.0175. The monoisotopic (exact) mass is 382 g/mol. The molecule has 0 aliphatic rings. The third-order valence-corrected chi connectivity index (χ3v) is 3.86. The summed E-state index contributed by atoms with van der Waals surface area (Å²) in [4.78, 5) is 4.13. The highest BCUT2D eigenvalue weighted by Gasteiger charge is 2.34. The van der Waals surface area contributed by atoms with Gasteiger partial charge in [-0.3, -0.25) is 0 Å². The number of ether oxygens (including phenoxy) is 2. The molecular weight excluding hydrogens is 365 g/mol. The van der Waals surface area contributed by atoms with Crippen LogP contribution in [0.5, 0.6) is 5.75 Å². The molecule has 0 amide bonds. The lowest BCUT2D eigenvalue weighted by atomic mass is 10.0. The van der Waals surface area contributed by atoms with Crippen molar-refractivity contribution >= 4 is 16.9 Å². The van der Waals surface area contributed by atoms with Crippen molar-refractivity contribution in [3.8, 4) is 17.3 Å². The molecule has 144 valence electrons. The number of anilines is 1. The molecule has 0 aliphatic carbocycles. The van der Waals surface area contributed by atoms with E-state index in [9.17, 15) is 13.2 Å². The number of methoxy groups -OCH3 is 2. The lowest BCUT2D eigenvalue weighted by molar-refractivity contribution is -0.136. The molecule has 2 heterocycles. The van der Waals surface area contributed by atoms with E-state index in [2.05, 4.69) is 20.5 Å². The van der Waals surface area contributed by atoms with Crippen LogP contribution in [0.3, 0.4) is 0 Å². The first-order chi connectivity index (χ1) is 12.8. The van der Waals surface area contributed by atoms with Gasteiger partial charge in [0.15, 0.2) is 0 Å². The van der Waals surface area contributed by atoms with Crippen LogP contribution in [0.1, 0.15) is 11.1 Å². The Kier molecular flexibility index (Phi) is 5.17. The summed E-state index contributed by atoms with van der Waals surface area (Å²) in [5, 5.41) is 10.8. The van der Waals surface area contributed by atoms with Crippen molar-refractivity contribution in [2.75, 3.05) is 32.7 Å². The van der Waals surface area contributed by atoms with E-state index in [1.807, 2.05) is 0 Å². The van der Waals surface area contributed by atoms with E-state index in [4.69, 9.17) is 13.9 Å². The second kappa shape index (κ2) is 7.39. The Balaban J connectivity index is 2.08. The molecule has 0 atom stereocenters. The van der Waals surface area contributed by atoms with Crippen LogP contribution in [-0.4, -0.2) is 42.6 Å². The average Bonchev–Trinajstić information content (AvgIpc) is 3.09. The van der Waals surface area contributed by atoms with Crippen LogP contribution in [0, 0.1) is 6.92 Å². The summed E-state index contributed by atoms with van der Waals surface area (Å²) in [5.74, 6) is 0.124. The van der Waals surface area contributed by atoms with Crippen LogP contribution in [0.25, 0.3) is 22.5 Å². The number of nitrogens with zero attached hydrogens (tertiary/aromatic N) is 3. The summed E-state index contributed by atoms with van der Waals surface area (Å²) < 4.78 is 55.9. The number of hydrogen-bond donors (Lipinski definition) is 1. The molecule has 2 aromatic heterocycles. The van der Waals surface area contributed by atoms with Gasteiger partial charge in [-0.2, -0.15) is 13.2 Å². The van der Waals surface area contributed by atoms with Crippen molar-refractivity contribution in [1.29, 1.82) is 0 Å². The quantitative estimate of drug-likeness (QED) is 0.651. The van der Waals surface area contributed by atoms with Crippen molar-refractivity contribution in [3.05, 3.63) is 29.3 Å². The molecule has 0 unspecified atom stereocenters. The highest BCUT2D eigenvalue weighted by Crippen LogP contribution is 2.38. The van der Waals surface area contributed by atoms with Gasteiger partial charge in [0, 0.05) is 19.0 Å². The number of rotatable bonds is 6. The first-order valence-electron chi connectivity index (χ1n) is 7.96. The number of benzene rings is 1. The maximum atomic E-state index is 13.5. The van der Waals surface area contributed by atoms with Crippen LogP contribution >= 0.6 is 0 Å². The van der Waals surface area contributed by atoms with E-state index in [0.717, 1.165) is 6.07 Å². The number of pyridine rings is 1. The first kappa shape index (κ1) is 18.9. The van der Waals surface area contributed by atoms with Gasteiger partial charge in [-0.15, -0.1) is 5.10 Å². The summed E-state index contributed by atoms with van der Waals surface area (Å²) in [6, 6.07) is 4.16. The Morgan fingerprint density at radius 2 is 1.93 bits per heavy atom. The van der Waals surface area contributed by atoms with Crippen LogP contribution in [0.15, 0.2) is 22.6 Å². The average molecular weight is 382 g/mol. The van der Waals surface area contributed by atoms with Gasteiger partial charge in [-0.1, -0.05) is 5.10 Å². The summed E-state index contributed by atoms with van der Waals surface area (Å²) in [7, 11) is 2.87. The van der Waals surface area contributed by atoms with E-state index >= 15 is 0 Å². The van der Waals surface area contributed by atoms with Gasteiger partial charge in [-0.25, -0.2) is 4.98 Å². The third-order valence-electron chi connectivity index (χ3n) is 3.86. The maximum Gasteiger partial charge on any atom is 0.418 e. The van der Waals surface area contributed by atoms with Crippen LogP contribution in [0.2, 0.25) is 0 Å². The van der Waals surface area contributed by atoms with E-state index in [0.29, 0.717) is 24.1 Å². The second-order valence-corrected chi connectivity index (χ2v) is 5.73. The van der Waals surface area contributed by atoms with Crippen LogP contribution < -0.4 is 10.1 Å². The largest absolute Gasteiger partial charge is 0.497 e. The van der Waals surface area contributed by atoms with Crippen molar-refractivity contribution < 1.29 is 27.1 Å². The fourth-order valence-corrected chi connectivity index (χ4v) is 2.57. The first-order valence-corrected chi connectivity index (χ1v) is 7.96. The molecular formula is C17H17F3N4O3. The lowest BCUT2D eigenvalue weighted by Gasteiger charge is -2.14. The van der Waals surface area contributed by atoms with Gasteiger partial charge in [0.1, 0.15) is 11.4 Å². The van der Waals surface area contributed by atoms with Gasteiger partial charge >= 0.3 is 12.2 Å². The summed E-state index contributed by atoms with van der Waals surface area (Å²) >= 11 is 0. The molecule has 1 aromatic carbocycles. The molecule has 0 aliphatic heterocycles. The van der Waals surface area contributed by atoms with E-state index < -0.39 is 11.7 Å². The zero-order valence-corrected chi connectivity index (χ0v) is 14.8. The van der Waals surface area contributed by atoms with Crippen molar-refractivity contribution in [3.63, 3.8) is 0 Å². The highest BCUT2D eigenvalue weighted by atomic mass is 19.4. The third kappa shape index (κ3) is 3.95. The molecule has 3 rings (SSSR count). The molecule has 0 saturated carbocycles. The maximum absolute atomic E-state index is 13.5. The van der Waals surface area contributed by atoms with Crippen molar-refractivity contribution in [2.24, 2.45) is 0 Å². The molecule has 0 bridgehead atoms. The molecule has 7 nitrogen and oxygen atoms in total. The fraction of sp³-hybridized carbons (Fsp3) is 0.353. The Morgan fingerprint density at radius 3 is 2.59 bits per heavy atom. The minimum Gasteiger partial charge on any atom is -0.497 e. The highest BCUT2D eigenvalue weighted by molar-refractivity contribution is 5.88. The molecule has 0 radical (unpaired) electrons. The summed E-state index contributed by atoms with van der Waals surface area (Å²) in [6.07, 6.45) is -4.59. The Hall–Kier alpha value is -2.88. The Morgan fingerprint density at radius 1 is 1.15 bits per heavy atom. The zero-order chi connectivity index (χ0) is 19.6. The van der Waals surface area contributed by atoms with Gasteiger partial charge in [0.05, 0.1) is 24.8 Å². The number of fused-ring (bicyclic) bond motifs is 1. The van der Waals surface area contributed by atoms with Gasteiger partial charge in [0.25, 0.3) is 5.89 Å². The topological polar surface area (TPSA) is 82.3 Å². The number of nitrogens with one attached hydrogen (secondary N) is 1. The molecule has 0 spiro atoms. The predicted octanol–water partition coefficient (Wildman–Crippen LogP) is 3.68. The van der Waals surface area contributed by atoms with Crippen LogP contribution in [0.4, 0.5) is 19.2 Å². The molecule has 3 aromatic rings.